The van der Waals surface area contributed by atoms with Crippen LogP contribution in [0.5, 0.6) is 0 Å². The smallest absolute Gasteiger partial charge is 0.253 e. The summed E-state index contributed by atoms with van der Waals surface area (Å²) in [5, 5.41) is 6.32. The van der Waals surface area contributed by atoms with Gasteiger partial charge in [0.25, 0.3) is 5.91 Å². The first kappa shape index (κ1) is 17.9. The Morgan fingerprint density at radius 3 is 2.64 bits per heavy atom. The van der Waals surface area contributed by atoms with Crippen LogP contribution in [0.15, 0.2) is 18.2 Å². The Morgan fingerprint density at radius 1 is 1.20 bits per heavy atom. The van der Waals surface area contributed by atoms with Gasteiger partial charge in [-0.05, 0) is 75.4 Å². The minimum absolute atomic E-state index is 0.0804. The van der Waals surface area contributed by atoms with E-state index in [0.717, 1.165) is 56.7 Å². The first-order valence-corrected chi connectivity index (χ1v) is 9.46. The van der Waals surface area contributed by atoms with Crippen LogP contribution < -0.4 is 10.6 Å². The van der Waals surface area contributed by atoms with Crippen molar-refractivity contribution in [2.24, 2.45) is 11.8 Å². The summed E-state index contributed by atoms with van der Waals surface area (Å²) in [6, 6.07) is 5.61. The van der Waals surface area contributed by atoms with Crippen molar-refractivity contribution in [3.63, 3.8) is 0 Å². The van der Waals surface area contributed by atoms with Crippen LogP contribution in [-0.4, -0.2) is 42.9 Å². The Kier molecular flexibility index (Phi) is 5.74. The van der Waals surface area contributed by atoms with Gasteiger partial charge in [-0.15, -0.1) is 0 Å². The minimum Gasteiger partial charge on any atom is -0.338 e. The molecule has 1 unspecified atom stereocenters. The van der Waals surface area contributed by atoms with Crippen molar-refractivity contribution in [2.45, 2.75) is 39.5 Å². The van der Waals surface area contributed by atoms with Crippen LogP contribution in [-0.2, 0) is 4.79 Å². The summed E-state index contributed by atoms with van der Waals surface area (Å²) in [5.41, 5.74) is 2.47. The first-order valence-electron chi connectivity index (χ1n) is 9.46. The zero-order valence-corrected chi connectivity index (χ0v) is 15.3. The molecule has 1 aromatic rings. The normalized spacial score (nSPS) is 21.8. The van der Waals surface area contributed by atoms with Gasteiger partial charge in [-0.2, -0.15) is 0 Å². The molecule has 5 nitrogen and oxygen atoms in total. The van der Waals surface area contributed by atoms with E-state index >= 15 is 0 Å². The molecular formula is C20H29N3O2. The minimum atomic E-state index is 0.0804. The maximum Gasteiger partial charge on any atom is 0.253 e. The second-order valence-corrected chi connectivity index (χ2v) is 7.54. The van der Waals surface area contributed by atoms with Crippen LogP contribution in [0.3, 0.4) is 0 Å². The molecule has 1 atom stereocenters. The zero-order chi connectivity index (χ0) is 17.8. The fourth-order valence-electron chi connectivity index (χ4n) is 3.81. The first-order chi connectivity index (χ1) is 12.0. The number of rotatable bonds is 3. The average Bonchev–Trinajstić information content (AvgIpc) is 2.63. The van der Waals surface area contributed by atoms with Crippen molar-refractivity contribution < 1.29 is 9.59 Å². The predicted octanol–water partition coefficient (Wildman–Crippen LogP) is 2.81. The van der Waals surface area contributed by atoms with Crippen molar-refractivity contribution >= 4 is 17.5 Å². The highest BCUT2D eigenvalue weighted by Crippen LogP contribution is 2.22. The maximum atomic E-state index is 12.7. The molecule has 2 heterocycles. The van der Waals surface area contributed by atoms with E-state index in [2.05, 4.69) is 17.6 Å². The number of aryl methyl sites for hydroxylation is 1. The molecule has 1 aromatic carbocycles. The average molecular weight is 343 g/mol. The van der Waals surface area contributed by atoms with Crippen molar-refractivity contribution in [1.29, 1.82) is 0 Å². The van der Waals surface area contributed by atoms with Gasteiger partial charge in [0.1, 0.15) is 0 Å². The topological polar surface area (TPSA) is 61.4 Å². The fraction of sp³-hybridized carbons (Fsp3) is 0.600. The molecule has 0 aromatic heterocycles. The molecule has 2 aliphatic heterocycles. The molecule has 136 valence electrons. The van der Waals surface area contributed by atoms with Gasteiger partial charge >= 0.3 is 0 Å². The van der Waals surface area contributed by atoms with E-state index in [9.17, 15) is 9.59 Å². The number of benzene rings is 1. The number of carbonyl (C=O) groups is 2. The van der Waals surface area contributed by atoms with E-state index in [0.29, 0.717) is 11.5 Å². The molecule has 2 N–H and O–H groups in total. The van der Waals surface area contributed by atoms with Crippen LogP contribution in [0, 0.1) is 18.8 Å². The third-order valence-electron chi connectivity index (χ3n) is 5.39. The number of nitrogens with one attached hydrogen (secondary N) is 2. The standard InChI is InChI=1S/C20H29N3O2/c1-14-4-3-11-23(13-14)20(25)17-5-6-18(15(2)12-17)22-19(24)16-7-9-21-10-8-16/h5-6,12,14,16,21H,3-4,7-11,13H2,1-2H3,(H,22,24). The number of piperidine rings is 2. The molecule has 0 bridgehead atoms. The summed E-state index contributed by atoms with van der Waals surface area (Å²) < 4.78 is 0. The van der Waals surface area contributed by atoms with Gasteiger partial charge in [0.05, 0.1) is 0 Å². The van der Waals surface area contributed by atoms with Gasteiger partial charge < -0.3 is 15.5 Å². The van der Waals surface area contributed by atoms with Gasteiger partial charge in [-0.1, -0.05) is 6.92 Å². The summed E-state index contributed by atoms with van der Waals surface area (Å²) in [7, 11) is 0. The molecule has 3 rings (SSSR count). The van der Waals surface area contributed by atoms with Gasteiger partial charge in [-0.25, -0.2) is 0 Å². The second-order valence-electron chi connectivity index (χ2n) is 7.54. The number of nitrogens with zero attached hydrogens (tertiary/aromatic N) is 1. The lowest BCUT2D eigenvalue weighted by Crippen LogP contribution is -2.39. The molecular weight excluding hydrogens is 314 g/mol. The van der Waals surface area contributed by atoms with Crippen molar-refractivity contribution in [3.05, 3.63) is 29.3 Å². The zero-order valence-electron chi connectivity index (χ0n) is 15.3. The van der Waals surface area contributed by atoms with Crippen LogP contribution in [0.1, 0.15) is 48.5 Å². The Labute approximate surface area is 150 Å². The highest BCUT2D eigenvalue weighted by Gasteiger charge is 2.24. The van der Waals surface area contributed by atoms with Crippen LogP contribution >= 0.6 is 0 Å². The second kappa shape index (κ2) is 8.00. The molecule has 0 saturated carbocycles. The van der Waals surface area contributed by atoms with E-state index in [1.54, 1.807) is 0 Å². The van der Waals surface area contributed by atoms with E-state index in [1.165, 1.54) is 6.42 Å². The van der Waals surface area contributed by atoms with Crippen molar-refractivity contribution in [3.8, 4) is 0 Å². The Morgan fingerprint density at radius 2 is 1.96 bits per heavy atom. The molecule has 5 heteroatoms. The molecule has 0 radical (unpaired) electrons. The number of anilines is 1. The Balaban J connectivity index is 1.65. The van der Waals surface area contributed by atoms with Crippen LogP contribution in [0.4, 0.5) is 5.69 Å². The fourth-order valence-corrected chi connectivity index (χ4v) is 3.81. The lowest BCUT2D eigenvalue weighted by Gasteiger charge is -2.31. The number of carbonyl (C=O) groups excluding carboxylic acids is 2. The molecule has 0 aliphatic carbocycles. The molecule has 0 spiro atoms. The maximum absolute atomic E-state index is 12.7. The van der Waals surface area contributed by atoms with E-state index in [4.69, 9.17) is 0 Å². The quantitative estimate of drug-likeness (QED) is 0.887. The van der Waals surface area contributed by atoms with Crippen LogP contribution in [0.25, 0.3) is 0 Å². The van der Waals surface area contributed by atoms with Gasteiger partial charge in [0.15, 0.2) is 0 Å². The number of hydrogen-bond donors (Lipinski definition) is 2. The molecule has 25 heavy (non-hydrogen) atoms. The number of amides is 2. The largest absolute Gasteiger partial charge is 0.338 e. The monoisotopic (exact) mass is 343 g/mol. The number of hydrogen-bond acceptors (Lipinski definition) is 3. The summed E-state index contributed by atoms with van der Waals surface area (Å²) in [5.74, 6) is 0.846. The SMILES string of the molecule is Cc1cc(C(=O)N2CCCC(C)C2)ccc1NC(=O)C1CCNCC1. The third-order valence-corrected chi connectivity index (χ3v) is 5.39. The van der Waals surface area contributed by atoms with E-state index < -0.39 is 0 Å². The van der Waals surface area contributed by atoms with Gasteiger partial charge in [0, 0.05) is 30.3 Å². The summed E-state index contributed by atoms with van der Waals surface area (Å²) in [6.07, 6.45) is 4.05. The Hall–Kier alpha value is -1.88. The van der Waals surface area contributed by atoms with E-state index in [1.807, 2.05) is 30.0 Å². The van der Waals surface area contributed by atoms with Crippen molar-refractivity contribution in [2.75, 3.05) is 31.5 Å². The number of likely N-dealkylation sites (tertiary alicyclic amines) is 1. The summed E-state index contributed by atoms with van der Waals surface area (Å²) in [6.45, 7) is 7.64. The molecule has 2 amide bonds. The Bertz CT molecular complexity index is 638. The van der Waals surface area contributed by atoms with Gasteiger partial charge in [-0.3, -0.25) is 9.59 Å². The third kappa shape index (κ3) is 4.40. The van der Waals surface area contributed by atoms with Crippen molar-refractivity contribution in [1.82, 2.24) is 10.2 Å². The highest BCUT2D eigenvalue weighted by molar-refractivity contribution is 5.97. The van der Waals surface area contributed by atoms with Crippen LogP contribution in [0.2, 0.25) is 0 Å². The molecule has 2 aliphatic rings. The highest BCUT2D eigenvalue weighted by atomic mass is 16.2. The molecule has 2 saturated heterocycles. The van der Waals surface area contributed by atoms with Gasteiger partial charge in [0.2, 0.25) is 5.91 Å². The van der Waals surface area contributed by atoms with E-state index in [-0.39, 0.29) is 17.7 Å². The summed E-state index contributed by atoms with van der Waals surface area (Å²) in [4.78, 5) is 27.1. The predicted molar refractivity (Wildman–Crippen MR) is 99.7 cm³/mol. The lowest BCUT2D eigenvalue weighted by molar-refractivity contribution is -0.120. The lowest BCUT2D eigenvalue weighted by atomic mass is 9.97. The molecule has 2 fully saturated rings. The summed E-state index contributed by atoms with van der Waals surface area (Å²) >= 11 is 0.